The van der Waals surface area contributed by atoms with Crippen molar-refractivity contribution in [3.63, 3.8) is 0 Å². The van der Waals surface area contributed by atoms with Crippen LogP contribution in [0.5, 0.6) is 0 Å². The van der Waals surface area contributed by atoms with Crippen molar-refractivity contribution in [3.8, 4) is 0 Å². The molecule has 0 saturated carbocycles. The molecule has 1 aromatic rings. The van der Waals surface area contributed by atoms with Crippen LogP contribution in [0, 0.1) is 5.82 Å². The molecule has 0 fully saturated rings. The molecule has 1 aromatic carbocycles. The first kappa shape index (κ1) is 16.2. The lowest BCUT2D eigenvalue weighted by Crippen LogP contribution is -2.29. The number of ether oxygens (including phenoxy) is 2. The number of nitrogens with zero attached hydrogens (tertiary/aromatic N) is 1. The third-order valence-electron chi connectivity index (χ3n) is 2.87. The van der Waals surface area contributed by atoms with Crippen LogP contribution < -0.4 is 4.90 Å². The van der Waals surface area contributed by atoms with E-state index in [4.69, 9.17) is 21.1 Å². The van der Waals surface area contributed by atoms with E-state index >= 15 is 0 Å². The third kappa shape index (κ3) is 5.35. The fourth-order valence-electron chi connectivity index (χ4n) is 1.92. The molecule has 0 aromatic heterocycles. The average Bonchev–Trinajstić information content (AvgIpc) is 2.43. The van der Waals surface area contributed by atoms with Gasteiger partial charge in [0.1, 0.15) is 5.82 Å². The van der Waals surface area contributed by atoms with Crippen LogP contribution >= 0.6 is 11.6 Å². The van der Waals surface area contributed by atoms with Gasteiger partial charge in [0.15, 0.2) is 0 Å². The fourth-order valence-corrected chi connectivity index (χ4v) is 2.14. The Morgan fingerprint density at radius 2 is 1.89 bits per heavy atom. The largest absolute Gasteiger partial charge is 0.385 e. The maximum Gasteiger partial charge on any atom is 0.123 e. The first-order valence-electron chi connectivity index (χ1n) is 6.30. The van der Waals surface area contributed by atoms with Crippen LogP contribution in [0.2, 0.25) is 0 Å². The number of methoxy groups -OCH3 is 2. The summed E-state index contributed by atoms with van der Waals surface area (Å²) in [5.74, 6) is 0.0314. The Kier molecular flexibility index (Phi) is 7.79. The van der Waals surface area contributed by atoms with Crippen molar-refractivity contribution in [3.05, 3.63) is 29.6 Å². The van der Waals surface area contributed by atoms with Crippen LogP contribution in [-0.2, 0) is 15.4 Å². The number of benzene rings is 1. The second-order valence-electron chi connectivity index (χ2n) is 4.23. The van der Waals surface area contributed by atoms with Crippen LogP contribution in [0.4, 0.5) is 10.1 Å². The second-order valence-corrected chi connectivity index (χ2v) is 4.50. The lowest BCUT2D eigenvalue weighted by Gasteiger charge is -2.26. The Hall–Kier alpha value is -0.840. The molecule has 1 rings (SSSR count). The van der Waals surface area contributed by atoms with Gasteiger partial charge < -0.3 is 14.4 Å². The number of rotatable bonds is 9. The summed E-state index contributed by atoms with van der Waals surface area (Å²) in [6.45, 7) is 2.88. The molecule has 3 nitrogen and oxygen atoms in total. The maximum absolute atomic E-state index is 13.2. The first-order chi connectivity index (χ1) is 9.22. The van der Waals surface area contributed by atoms with Crippen molar-refractivity contribution in [1.82, 2.24) is 0 Å². The Labute approximate surface area is 119 Å². The molecule has 0 N–H and O–H groups in total. The summed E-state index contributed by atoms with van der Waals surface area (Å²) < 4.78 is 23.4. The summed E-state index contributed by atoms with van der Waals surface area (Å²) >= 11 is 5.89. The second kappa shape index (κ2) is 9.13. The Morgan fingerprint density at radius 1 is 1.16 bits per heavy atom. The van der Waals surface area contributed by atoms with Crippen molar-refractivity contribution in [1.29, 1.82) is 0 Å². The molecular weight excluding hydrogens is 269 g/mol. The van der Waals surface area contributed by atoms with Crippen LogP contribution in [0.3, 0.4) is 0 Å². The maximum atomic E-state index is 13.2. The van der Waals surface area contributed by atoms with Crippen molar-refractivity contribution < 1.29 is 13.9 Å². The zero-order valence-corrected chi connectivity index (χ0v) is 12.3. The summed E-state index contributed by atoms with van der Waals surface area (Å²) in [5, 5.41) is 0. The van der Waals surface area contributed by atoms with Crippen molar-refractivity contribution >= 4 is 17.3 Å². The topological polar surface area (TPSA) is 21.7 Å². The van der Waals surface area contributed by atoms with Gasteiger partial charge in [-0.25, -0.2) is 4.39 Å². The number of anilines is 1. The smallest absolute Gasteiger partial charge is 0.123 e. The molecule has 0 saturated heterocycles. The summed E-state index contributed by atoms with van der Waals surface area (Å²) in [6.07, 6.45) is 0.902. The minimum absolute atomic E-state index is 0.261. The Bertz CT molecular complexity index is 376. The van der Waals surface area contributed by atoms with Crippen LogP contribution in [0.1, 0.15) is 12.0 Å². The molecule has 0 heterocycles. The summed E-state index contributed by atoms with van der Waals surface area (Å²) in [5.41, 5.74) is 1.76. The van der Waals surface area contributed by atoms with Gasteiger partial charge in [-0.2, -0.15) is 0 Å². The molecule has 0 atom stereocenters. The van der Waals surface area contributed by atoms with Gasteiger partial charge in [-0.1, -0.05) is 0 Å². The molecule has 108 valence electrons. The summed E-state index contributed by atoms with van der Waals surface area (Å²) in [7, 11) is 3.35. The molecule has 0 aliphatic heterocycles. The van der Waals surface area contributed by atoms with Gasteiger partial charge in [0, 0.05) is 45.5 Å². The molecule has 0 radical (unpaired) electrons. The highest BCUT2D eigenvalue weighted by Crippen LogP contribution is 2.23. The van der Waals surface area contributed by atoms with E-state index in [1.165, 1.54) is 12.1 Å². The third-order valence-corrected chi connectivity index (χ3v) is 3.16. The predicted octanol–water partition coefficient (Wildman–Crippen LogP) is 3.05. The SMILES string of the molecule is COCCCN(CCOC)c1ccc(F)cc1CCl. The molecule has 0 amide bonds. The summed E-state index contributed by atoms with van der Waals surface area (Å²) in [6, 6.07) is 4.72. The van der Waals surface area contributed by atoms with Crippen LogP contribution in [0.25, 0.3) is 0 Å². The number of hydrogen-bond acceptors (Lipinski definition) is 3. The monoisotopic (exact) mass is 289 g/mol. The van der Waals surface area contributed by atoms with Crippen LogP contribution in [-0.4, -0.2) is 40.5 Å². The molecule has 19 heavy (non-hydrogen) atoms. The van der Waals surface area contributed by atoms with Gasteiger partial charge >= 0.3 is 0 Å². The van der Waals surface area contributed by atoms with E-state index in [9.17, 15) is 4.39 Å². The lowest BCUT2D eigenvalue weighted by molar-refractivity contribution is 0.191. The highest BCUT2D eigenvalue weighted by atomic mass is 35.5. The zero-order valence-electron chi connectivity index (χ0n) is 11.5. The van der Waals surface area contributed by atoms with Crippen molar-refractivity contribution in [2.24, 2.45) is 0 Å². The summed E-state index contributed by atoms with van der Waals surface area (Å²) in [4.78, 5) is 2.15. The molecule has 0 aliphatic carbocycles. The molecule has 0 unspecified atom stereocenters. The van der Waals surface area contributed by atoms with Gasteiger partial charge in [-0.15, -0.1) is 11.6 Å². The fraction of sp³-hybridized carbons (Fsp3) is 0.571. The molecule has 0 spiro atoms. The van der Waals surface area contributed by atoms with Crippen LogP contribution in [0.15, 0.2) is 18.2 Å². The molecular formula is C14H21ClFNO2. The van der Waals surface area contributed by atoms with E-state index in [-0.39, 0.29) is 5.82 Å². The van der Waals surface area contributed by atoms with Gasteiger partial charge in [0.05, 0.1) is 6.61 Å². The highest BCUT2D eigenvalue weighted by Gasteiger charge is 2.11. The normalized spacial score (nSPS) is 10.7. The quantitative estimate of drug-likeness (QED) is 0.515. The van der Waals surface area contributed by atoms with Gasteiger partial charge in [-0.3, -0.25) is 0 Å². The standard InChI is InChI=1S/C14H21ClFNO2/c1-18-8-3-6-17(7-9-19-2)14-5-4-13(16)10-12(14)11-15/h4-5,10H,3,6-9,11H2,1-2H3. The number of halogens is 2. The van der Waals surface area contributed by atoms with E-state index in [0.29, 0.717) is 19.1 Å². The van der Waals surface area contributed by atoms with Crippen molar-refractivity contribution in [2.45, 2.75) is 12.3 Å². The molecule has 5 heteroatoms. The predicted molar refractivity (Wildman–Crippen MR) is 76.5 cm³/mol. The van der Waals surface area contributed by atoms with E-state index in [2.05, 4.69) is 4.90 Å². The molecule has 0 aliphatic rings. The number of alkyl halides is 1. The average molecular weight is 290 g/mol. The van der Waals surface area contributed by atoms with E-state index in [1.54, 1.807) is 20.3 Å². The minimum atomic E-state index is -0.261. The number of hydrogen-bond donors (Lipinski definition) is 0. The van der Waals surface area contributed by atoms with Gasteiger partial charge in [0.25, 0.3) is 0 Å². The van der Waals surface area contributed by atoms with Gasteiger partial charge in [-0.05, 0) is 30.2 Å². The van der Waals surface area contributed by atoms with Gasteiger partial charge in [0.2, 0.25) is 0 Å². The van der Waals surface area contributed by atoms with E-state index in [1.807, 2.05) is 0 Å². The Morgan fingerprint density at radius 3 is 2.53 bits per heavy atom. The van der Waals surface area contributed by atoms with E-state index in [0.717, 1.165) is 30.8 Å². The molecule has 0 bridgehead atoms. The lowest BCUT2D eigenvalue weighted by atomic mass is 10.1. The highest BCUT2D eigenvalue weighted by molar-refractivity contribution is 6.17. The first-order valence-corrected chi connectivity index (χ1v) is 6.83. The van der Waals surface area contributed by atoms with E-state index < -0.39 is 0 Å². The minimum Gasteiger partial charge on any atom is -0.385 e. The Balaban J connectivity index is 2.82. The zero-order chi connectivity index (χ0) is 14.1. The van der Waals surface area contributed by atoms with Crippen molar-refractivity contribution in [2.75, 3.05) is 45.4 Å².